The Balaban J connectivity index is 0.000000853. The molecule has 3 heterocycles. The van der Waals surface area contributed by atoms with Crippen molar-refractivity contribution in [2.75, 3.05) is 13.1 Å². The Morgan fingerprint density at radius 2 is 2.13 bits per heavy atom. The lowest BCUT2D eigenvalue weighted by Crippen LogP contribution is -2.39. The van der Waals surface area contributed by atoms with Crippen molar-refractivity contribution in [1.82, 2.24) is 5.32 Å². The van der Waals surface area contributed by atoms with Crippen LogP contribution in [0.4, 0.5) is 0 Å². The fourth-order valence-electron chi connectivity index (χ4n) is 2.31. The van der Waals surface area contributed by atoms with Crippen molar-refractivity contribution in [3.63, 3.8) is 0 Å². The quantitative estimate of drug-likeness (QED) is 0.710. The third-order valence-electron chi connectivity index (χ3n) is 3.04. The zero-order valence-corrected chi connectivity index (χ0v) is 9.75. The maximum Gasteiger partial charge on any atom is 0.349 e. The number of thiophene rings is 1. The van der Waals surface area contributed by atoms with Crippen molar-refractivity contribution in [2.45, 2.75) is 18.4 Å². The second-order valence-corrected chi connectivity index (χ2v) is 4.71. The minimum Gasteiger partial charge on any atom is -0.450 e. The SMILES string of the molecule is Cl.O=C1OC2(CCNCC2)c2ccsc21. The van der Waals surface area contributed by atoms with Crippen molar-refractivity contribution in [2.24, 2.45) is 0 Å². The van der Waals surface area contributed by atoms with Gasteiger partial charge in [-0.15, -0.1) is 23.7 Å². The standard InChI is InChI=1S/C10H11NO2S.ClH/c12-9-8-7(1-6-14-8)10(13-9)2-4-11-5-3-10;/h1,6,11H,2-5H2;1H. The van der Waals surface area contributed by atoms with E-state index in [1.165, 1.54) is 11.3 Å². The molecule has 1 fully saturated rings. The number of carbonyl (C=O) groups excluding carboxylic acids is 1. The van der Waals surface area contributed by atoms with Gasteiger partial charge in [-0.25, -0.2) is 4.79 Å². The van der Waals surface area contributed by atoms with E-state index in [4.69, 9.17) is 4.74 Å². The summed E-state index contributed by atoms with van der Waals surface area (Å²) in [7, 11) is 0. The topological polar surface area (TPSA) is 38.3 Å². The molecule has 82 valence electrons. The first-order chi connectivity index (χ1) is 6.82. The third kappa shape index (κ3) is 1.48. The molecule has 1 aromatic heterocycles. The molecular weight excluding hydrogens is 234 g/mol. The number of halogens is 1. The van der Waals surface area contributed by atoms with Crippen LogP contribution in [-0.2, 0) is 10.3 Å². The van der Waals surface area contributed by atoms with E-state index in [9.17, 15) is 4.79 Å². The van der Waals surface area contributed by atoms with E-state index in [-0.39, 0.29) is 24.0 Å². The first kappa shape index (κ1) is 10.9. The van der Waals surface area contributed by atoms with E-state index >= 15 is 0 Å². The van der Waals surface area contributed by atoms with E-state index < -0.39 is 0 Å². The van der Waals surface area contributed by atoms with Gasteiger partial charge in [-0.05, 0) is 24.5 Å². The summed E-state index contributed by atoms with van der Waals surface area (Å²) < 4.78 is 5.53. The highest BCUT2D eigenvalue weighted by molar-refractivity contribution is 7.12. The van der Waals surface area contributed by atoms with Gasteiger partial charge < -0.3 is 10.1 Å². The normalized spacial score (nSPS) is 22.0. The van der Waals surface area contributed by atoms with Crippen LogP contribution in [0.15, 0.2) is 11.4 Å². The van der Waals surface area contributed by atoms with Crippen LogP contribution in [-0.4, -0.2) is 19.1 Å². The van der Waals surface area contributed by atoms with Crippen molar-refractivity contribution < 1.29 is 9.53 Å². The average molecular weight is 246 g/mol. The Kier molecular flexibility index (Phi) is 2.75. The molecule has 2 aliphatic heterocycles. The lowest BCUT2D eigenvalue weighted by atomic mass is 9.87. The lowest BCUT2D eigenvalue weighted by Gasteiger charge is -2.32. The molecule has 0 saturated carbocycles. The first-order valence-electron chi connectivity index (χ1n) is 4.84. The van der Waals surface area contributed by atoms with Gasteiger partial charge in [0.05, 0.1) is 0 Å². The number of ether oxygens (including phenoxy) is 1. The molecule has 1 spiro atoms. The van der Waals surface area contributed by atoms with Crippen molar-refractivity contribution in [1.29, 1.82) is 0 Å². The summed E-state index contributed by atoms with van der Waals surface area (Å²) in [5, 5.41) is 5.27. The Labute approximate surface area is 98.2 Å². The van der Waals surface area contributed by atoms with E-state index in [0.29, 0.717) is 0 Å². The zero-order valence-electron chi connectivity index (χ0n) is 8.12. The van der Waals surface area contributed by atoms with Crippen LogP contribution in [0.5, 0.6) is 0 Å². The average Bonchev–Trinajstić information content (AvgIpc) is 2.74. The Bertz CT molecular complexity index is 385. The molecule has 0 amide bonds. The first-order valence-corrected chi connectivity index (χ1v) is 5.72. The number of rotatable bonds is 0. The molecule has 0 aliphatic carbocycles. The highest BCUT2D eigenvalue weighted by atomic mass is 35.5. The largest absolute Gasteiger partial charge is 0.450 e. The van der Waals surface area contributed by atoms with Gasteiger partial charge in [-0.1, -0.05) is 0 Å². The smallest absolute Gasteiger partial charge is 0.349 e. The van der Waals surface area contributed by atoms with Gasteiger partial charge in [0.1, 0.15) is 10.5 Å². The predicted molar refractivity (Wildman–Crippen MR) is 60.8 cm³/mol. The predicted octanol–water partition coefficient (Wildman–Crippen LogP) is 1.92. The van der Waals surface area contributed by atoms with E-state index in [1.54, 1.807) is 0 Å². The molecule has 0 bridgehead atoms. The molecule has 1 aromatic rings. The molecule has 0 radical (unpaired) electrons. The van der Waals surface area contributed by atoms with Crippen LogP contribution in [0, 0.1) is 0 Å². The highest BCUT2D eigenvalue weighted by Crippen LogP contribution is 2.44. The second kappa shape index (κ2) is 3.77. The summed E-state index contributed by atoms with van der Waals surface area (Å²) in [6, 6.07) is 2.04. The van der Waals surface area contributed by atoms with Gasteiger partial charge in [0, 0.05) is 18.4 Å². The second-order valence-electron chi connectivity index (χ2n) is 3.80. The van der Waals surface area contributed by atoms with Gasteiger partial charge in [0.25, 0.3) is 0 Å². The van der Waals surface area contributed by atoms with Crippen LogP contribution >= 0.6 is 23.7 Å². The van der Waals surface area contributed by atoms with Crippen LogP contribution in [0.25, 0.3) is 0 Å². The third-order valence-corrected chi connectivity index (χ3v) is 3.94. The molecule has 5 heteroatoms. The molecule has 1 N–H and O–H groups in total. The number of piperidine rings is 1. The van der Waals surface area contributed by atoms with Gasteiger partial charge in [0.2, 0.25) is 0 Å². The summed E-state index contributed by atoms with van der Waals surface area (Å²) >= 11 is 1.49. The minimum absolute atomic E-state index is 0. The molecule has 2 aliphatic rings. The number of hydrogen-bond donors (Lipinski definition) is 1. The summed E-state index contributed by atoms with van der Waals surface area (Å²) in [5.74, 6) is -0.128. The summed E-state index contributed by atoms with van der Waals surface area (Å²) in [5.41, 5.74) is 0.825. The van der Waals surface area contributed by atoms with Crippen LogP contribution in [0.2, 0.25) is 0 Å². The van der Waals surface area contributed by atoms with Gasteiger partial charge in [0.15, 0.2) is 0 Å². The molecule has 1 saturated heterocycles. The molecule has 0 aromatic carbocycles. The fourth-order valence-corrected chi connectivity index (χ4v) is 3.17. The Morgan fingerprint density at radius 3 is 2.87 bits per heavy atom. The fraction of sp³-hybridized carbons (Fsp3) is 0.500. The van der Waals surface area contributed by atoms with Crippen molar-refractivity contribution in [3.8, 4) is 0 Å². The lowest BCUT2D eigenvalue weighted by molar-refractivity contribution is -0.0241. The van der Waals surface area contributed by atoms with E-state index in [1.807, 2.05) is 11.4 Å². The zero-order chi connectivity index (χ0) is 9.60. The van der Waals surface area contributed by atoms with Crippen LogP contribution < -0.4 is 5.32 Å². The molecule has 3 rings (SSSR count). The van der Waals surface area contributed by atoms with Gasteiger partial charge in [-0.2, -0.15) is 0 Å². The van der Waals surface area contributed by atoms with E-state index in [0.717, 1.165) is 36.4 Å². The van der Waals surface area contributed by atoms with Gasteiger partial charge >= 0.3 is 5.97 Å². The minimum atomic E-state index is -0.294. The van der Waals surface area contributed by atoms with Crippen molar-refractivity contribution in [3.05, 3.63) is 21.9 Å². The summed E-state index contributed by atoms with van der Waals surface area (Å²) in [6.45, 7) is 1.87. The van der Waals surface area contributed by atoms with E-state index in [2.05, 4.69) is 5.32 Å². The summed E-state index contributed by atoms with van der Waals surface area (Å²) in [6.07, 6.45) is 1.81. The number of esters is 1. The number of nitrogens with one attached hydrogen (secondary N) is 1. The van der Waals surface area contributed by atoms with Crippen LogP contribution in [0.3, 0.4) is 0 Å². The van der Waals surface area contributed by atoms with Crippen molar-refractivity contribution >= 4 is 29.7 Å². The maximum absolute atomic E-state index is 11.6. The number of carbonyl (C=O) groups is 1. The molecule has 3 nitrogen and oxygen atoms in total. The monoisotopic (exact) mass is 245 g/mol. The Hall–Kier alpha value is -0.580. The molecule has 15 heavy (non-hydrogen) atoms. The number of fused-ring (bicyclic) bond motifs is 2. The molecular formula is C10H12ClNO2S. The van der Waals surface area contributed by atoms with Crippen LogP contribution in [0.1, 0.15) is 28.1 Å². The Morgan fingerprint density at radius 1 is 1.40 bits per heavy atom. The molecule has 0 unspecified atom stereocenters. The molecule has 0 atom stereocenters. The van der Waals surface area contributed by atoms with Gasteiger partial charge in [-0.3, -0.25) is 0 Å². The number of hydrogen-bond acceptors (Lipinski definition) is 4. The highest BCUT2D eigenvalue weighted by Gasteiger charge is 2.46. The summed E-state index contributed by atoms with van der Waals surface area (Å²) in [4.78, 5) is 12.4. The maximum atomic E-state index is 11.6.